The van der Waals surface area contributed by atoms with E-state index in [0.717, 1.165) is 24.1 Å². The highest BCUT2D eigenvalue weighted by Crippen LogP contribution is 2.29. The zero-order valence-electron chi connectivity index (χ0n) is 18.8. The smallest absolute Gasteiger partial charge is 0.239 e. The average molecular weight is 472 g/mol. The van der Waals surface area contributed by atoms with Gasteiger partial charge in [-0.1, -0.05) is 35.9 Å². The summed E-state index contributed by atoms with van der Waals surface area (Å²) in [6, 6.07) is 12.5. The molecule has 9 heteroatoms. The van der Waals surface area contributed by atoms with E-state index in [1.807, 2.05) is 31.2 Å². The predicted octanol–water partition coefficient (Wildman–Crippen LogP) is 1.53. The van der Waals surface area contributed by atoms with Crippen LogP contribution in [0.2, 0.25) is 0 Å². The fraction of sp³-hybridized carbons (Fsp3) is 0.417. The first-order chi connectivity index (χ1) is 15.6. The Hall–Kier alpha value is -2.75. The highest BCUT2D eigenvalue weighted by molar-refractivity contribution is 7.92. The van der Waals surface area contributed by atoms with Crippen LogP contribution in [0.4, 0.5) is 5.69 Å². The molecule has 4 rings (SSSR count). The summed E-state index contributed by atoms with van der Waals surface area (Å²) in [5.41, 5.74) is 3.00. The topological polar surface area (TPSA) is 107 Å². The third-order valence-electron chi connectivity index (χ3n) is 6.33. The van der Waals surface area contributed by atoms with Crippen LogP contribution in [0.3, 0.4) is 0 Å². The van der Waals surface area contributed by atoms with Crippen molar-refractivity contribution in [1.82, 2.24) is 9.80 Å². The van der Waals surface area contributed by atoms with Crippen LogP contribution in [0.5, 0.6) is 0 Å². The summed E-state index contributed by atoms with van der Waals surface area (Å²) in [5.74, 6) is -1.26. The summed E-state index contributed by atoms with van der Waals surface area (Å²) in [6.45, 7) is 3.99. The number of amides is 2. The first-order valence-electron chi connectivity index (χ1n) is 11.0. The zero-order chi connectivity index (χ0) is 23.8. The second-order valence-corrected chi connectivity index (χ2v) is 10.9. The highest BCUT2D eigenvalue weighted by atomic mass is 32.2. The van der Waals surface area contributed by atoms with E-state index >= 15 is 0 Å². The van der Waals surface area contributed by atoms with Crippen LogP contribution in [-0.4, -0.2) is 73.7 Å². The number of hydrogen-bond acceptors (Lipinski definition) is 6. The quantitative estimate of drug-likeness (QED) is 0.662. The van der Waals surface area contributed by atoms with Gasteiger partial charge in [0.25, 0.3) is 0 Å². The second-order valence-electron chi connectivity index (χ2n) is 8.95. The van der Waals surface area contributed by atoms with Crippen LogP contribution in [0.25, 0.3) is 0 Å². The van der Waals surface area contributed by atoms with E-state index in [2.05, 4.69) is 10.2 Å². The first kappa shape index (κ1) is 23.4. The number of aliphatic hydroxyl groups excluding tert-OH is 1. The number of likely N-dealkylation sites (tertiary alicyclic amines) is 1. The lowest BCUT2D eigenvalue weighted by Crippen LogP contribution is -2.39. The van der Waals surface area contributed by atoms with E-state index < -0.39 is 21.5 Å². The molecule has 1 saturated heterocycles. The van der Waals surface area contributed by atoms with E-state index in [0.29, 0.717) is 18.7 Å². The van der Waals surface area contributed by atoms with Crippen molar-refractivity contribution < 1.29 is 23.1 Å². The molecule has 8 nitrogen and oxygen atoms in total. The monoisotopic (exact) mass is 471 g/mol. The number of benzene rings is 2. The number of carbonyl (C=O) groups excluding carboxylic acids is 2. The minimum atomic E-state index is -3.66. The number of hydrogen-bond donors (Lipinski definition) is 2. The maximum absolute atomic E-state index is 13.2. The summed E-state index contributed by atoms with van der Waals surface area (Å²) in [7, 11) is -1.89. The Morgan fingerprint density at radius 1 is 1.24 bits per heavy atom. The van der Waals surface area contributed by atoms with Crippen molar-refractivity contribution >= 4 is 27.3 Å². The molecule has 2 heterocycles. The minimum Gasteiger partial charge on any atom is -0.392 e. The van der Waals surface area contributed by atoms with E-state index in [1.165, 1.54) is 6.07 Å². The molecular formula is C24H29N3O5S. The summed E-state index contributed by atoms with van der Waals surface area (Å²) < 4.78 is 24.4. The fourth-order valence-corrected chi connectivity index (χ4v) is 5.72. The van der Waals surface area contributed by atoms with Crippen molar-refractivity contribution in [2.24, 2.45) is 0 Å². The molecule has 0 saturated carbocycles. The summed E-state index contributed by atoms with van der Waals surface area (Å²) in [6.07, 6.45) is 0.457. The Morgan fingerprint density at radius 2 is 1.97 bits per heavy atom. The third kappa shape index (κ3) is 5.26. The van der Waals surface area contributed by atoms with Gasteiger partial charge in [0.15, 0.2) is 9.84 Å². The van der Waals surface area contributed by atoms with E-state index in [4.69, 9.17) is 0 Å². The van der Waals surface area contributed by atoms with Gasteiger partial charge in [-0.3, -0.25) is 14.5 Å². The van der Waals surface area contributed by atoms with Crippen molar-refractivity contribution in [3.05, 3.63) is 59.2 Å². The number of aryl methyl sites for hydroxylation is 1. The lowest BCUT2D eigenvalue weighted by molar-refractivity contribution is -0.131. The molecule has 0 spiro atoms. The average Bonchev–Trinajstić information content (AvgIpc) is 3.16. The number of likely N-dealkylation sites (N-methyl/N-ethyl adjacent to an activating group) is 1. The van der Waals surface area contributed by atoms with Crippen LogP contribution in [-0.2, 0) is 25.8 Å². The minimum absolute atomic E-state index is 0.0741. The number of sulfone groups is 1. The molecule has 0 radical (unpaired) electrons. The molecule has 2 aromatic carbocycles. The zero-order valence-corrected chi connectivity index (χ0v) is 19.6. The fourth-order valence-electron chi connectivity index (χ4n) is 4.43. The van der Waals surface area contributed by atoms with Crippen molar-refractivity contribution in [2.75, 3.05) is 37.8 Å². The Bertz CT molecular complexity index is 1160. The highest BCUT2D eigenvalue weighted by Gasteiger charge is 2.30. The number of β-amino-alcohol motifs (C(OH)–C–C–N with tert-alkyl or cyclic N) is 1. The molecule has 33 heavy (non-hydrogen) atoms. The molecule has 1 fully saturated rings. The van der Waals surface area contributed by atoms with Gasteiger partial charge in [0.1, 0.15) is 5.75 Å². The number of fused-ring (bicyclic) bond motifs is 1. The maximum Gasteiger partial charge on any atom is 0.239 e. The van der Waals surface area contributed by atoms with Gasteiger partial charge in [0.05, 0.1) is 29.1 Å². The standard InChI is InChI=1S/C24H29N3O5S/c1-16-3-6-18(7-4-16)21(14-27-10-9-19(28)13-27)26(2)24(30)12-17-5-8-22-20(11-17)25-23(29)15-33(22,31)32/h3-8,11,19,21,28H,9-10,12-15H2,1-2H3,(H,25,29)/t19-,21-/m0/s1. The number of nitrogens with zero attached hydrogens (tertiary/aromatic N) is 2. The Balaban J connectivity index is 1.54. The number of anilines is 1. The summed E-state index contributed by atoms with van der Waals surface area (Å²) >= 11 is 0. The van der Waals surface area contributed by atoms with Gasteiger partial charge >= 0.3 is 0 Å². The molecule has 0 aliphatic carbocycles. The Kier molecular flexibility index (Phi) is 6.56. The van der Waals surface area contributed by atoms with Gasteiger partial charge in [-0.15, -0.1) is 0 Å². The van der Waals surface area contributed by atoms with E-state index in [9.17, 15) is 23.1 Å². The largest absolute Gasteiger partial charge is 0.392 e. The van der Waals surface area contributed by atoms with Gasteiger partial charge in [-0.05, 0) is 36.6 Å². The van der Waals surface area contributed by atoms with Gasteiger partial charge in [0.2, 0.25) is 11.8 Å². The van der Waals surface area contributed by atoms with Crippen molar-refractivity contribution in [3.8, 4) is 0 Å². The molecule has 0 bridgehead atoms. The molecule has 2 aliphatic heterocycles. The van der Waals surface area contributed by atoms with E-state index in [-0.39, 0.29) is 35.1 Å². The van der Waals surface area contributed by atoms with Gasteiger partial charge in [-0.25, -0.2) is 8.42 Å². The van der Waals surface area contributed by atoms with Crippen LogP contribution in [0.1, 0.15) is 29.2 Å². The molecule has 2 N–H and O–H groups in total. The van der Waals surface area contributed by atoms with Gasteiger partial charge < -0.3 is 15.3 Å². The van der Waals surface area contributed by atoms with Crippen LogP contribution in [0.15, 0.2) is 47.4 Å². The molecule has 0 unspecified atom stereocenters. The number of aliphatic hydroxyl groups is 1. The van der Waals surface area contributed by atoms with Crippen LogP contribution < -0.4 is 5.32 Å². The Morgan fingerprint density at radius 3 is 2.64 bits per heavy atom. The summed E-state index contributed by atoms with van der Waals surface area (Å²) in [5, 5.41) is 12.5. The van der Waals surface area contributed by atoms with E-state index in [1.54, 1.807) is 24.1 Å². The molecule has 2 aromatic rings. The van der Waals surface area contributed by atoms with Crippen LogP contribution >= 0.6 is 0 Å². The molecule has 176 valence electrons. The lowest BCUT2D eigenvalue weighted by atomic mass is 10.0. The SMILES string of the molecule is Cc1ccc([C@H](CN2CC[C@H](O)C2)N(C)C(=O)Cc2ccc3c(c2)NC(=O)CS3(=O)=O)cc1. The molecule has 2 amide bonds. The Labute approximate surface area is 194 Å². The third-order valence-corrected chi connectivity index (χ3v) is 8.00. The first-order valence-corrected chi connectivity index (χ1v) is 12.7. The maximum atomic E-state index is 13.2. The normalized spacial score (nSPS) is 20.7. The number of rotatable bonds is 6. The lowest BCUT2D eigenvalue weighted by Gasteiger charge is -2.32. The summed E-state index contributed by atoms with van der Waals surface area (Å²) in [4.78, 5) is 29.0. The predicted molar refractivity (Wildman–Crippen MR) is 125 cm³/mol. The van der Waals surface area contributed by atoms with Gasteiger partial charge in [-0.2, -0.15) is 0 Å². The second kappa shape index (κ2) is 9.24. The van der Waals surface area contributed by atoms with Crippen molar-refractivity contribution in [1.29, 1.82) is 0 Å². The molecular weight excluding hydrogens is 442 g/mol. The number of nitrogens with one attached hydrogen (secondary N) is 1. The van der Waals surface area contributed by atoms with Gasteiger partial charge in [0, 0.05) is 26.7 Å². The van der Waals surface area contributed by atoms with Crippen LogP contribution in [0, 0.1) is 6.92 Å². The molecule has 2 aliphatic rings. The number of carbonyl (C=O) groups is 2. The van der Waals surface area contributed by atoms with Crippen molar-refractivity contribution in [2.45, 2.75) is 36.8 Å². The molecule has 2 atom stereocenters. The van der Waals surface area contributed by atoms with Crippen molar-refractivity contribution in [3.63, 3.8) is 0 Å². The molecule has 0 aromatic heterocycles.